The summed E-state index contributed by atoms with van der Waals surface area (Å²) < 4.78 is 3.28. The molecule has 24 heavy (non-hydrogen) atoms. The minimum absolute atomic E-state index is 0.298. The lowest BCUT2D eigenvalue weighted by Gasteiger charge is -2.03. The normalized spacial score (nSPS) is 12.0. The summed E-state index contributed by atoms with van der Waals surface area (Å²) in [7, 11) is 0. The number of carbonyl (C=O) groups excluding carboxylic acids is 1. The molecule has 3 rings (SSSR count). The van der Waals surface area contributed by atoms with Crippen LogP contribution in [0.25, 0.3) is 10.2 Å². The highest BCUT2D eigenvalue weighted by atomic mass is 35.5. The van der Waals surface area contributed by atoms with Gasteiger partial charge in [0.15, 0.2) is 4.80 Å². The van der Waals surface area contributed by atoms with E-state index in [1.165, 1.54) is 5.56 Å². The van der Waals surface area contributed by atoms with Gasteiger partial charge in [0.05, 0.1) is 20.8 Å². The lowest BCUT2D eigenvalue weighted by Crippen LogP contribution is -2.17. The Bertz CT molecular complexity index is 955. The second kappa shape index (κ2) is 7.32. The molecule has 0 bridgehead atoms. The highest BCUT2D eigenvalue weighted by molar-refractivity contribution is 7.16. The zero-order chi connectivity index (χ0) is 17.1. The molecule has 0 radical (unpaired) electrons. The quantitative estimate of drug-likeness (QED) is 0.641. The number of carbonyl (C=O) groups is 1. The van der Waals surface area contributed by atoms with Crippen LogP contribution in [0.1, 0.15) is 36.2 Å². The van der Waals surface area contributed by atoms with Crippen LogP contribution in [-0.4, -0.2) is 10.5 Å². The monoisotopic (exact) mass is 358 g/mol. The Morgan fingerprint density at radius 1 is 1.21 bits per heavy atom. The molecule has 0 aliphatic carbocycles. The van der Waals surface area contributed by atoms with Gasteiger partial charge in [0, 0.05) is 6.54 Å². The molecule has 124 valence electrons. The van der Waals surface area contributed by atoms with Crippen molar-refractivity contribution >= 4 is 39.1 Å². The van der Waals surface area contributed by atoms with Gasteiger partial charge in [-0.2, -0.15) is 4.99 Å². The van der Waals surface area contributed by atoms with Crippen LogP contribution in [0.3, 0.4) is 0 Å². The fourth-order valence-corrected chi connectivity index (χ4v) is 3.98. The Labute approximate surface area is 150 Å². The molecule has 1 heterocycles. The van der Waals surface area contributed by atoms with Crippen molar-refractivity contribution in [2.75, 3.05) is 0 Å². The van der Waals surface area contributed by atoms with Gasteiger partial charge < -0.3 is 4.57 Å². The SMILES string of the molecule is CCCn1c(=NC(=O)c2ccccc2Cl)sc2cc(CC)ccc21. The molecule has 3 aromatic rings. The summed E-state index contributed by atoms with van der Waals surface area (Å²) >= 11 is 7.67. The lowest BCUT2D eigenvalue weighted by atomic mass is 10.2. The number of aromatic nitrogens is 1. The van der Waals surface area contributed by atoms with E-state index in [1.807, 2.05) is 6.07 Å². The first-order valence-electron chi connectivity index (χ1n) is 8.10. The Balaban J connectivity index is 2.15. The maximum absolute atomic E-state index is 12.5. The van der Waals surface area contributed by atoms with Gasteiger partial charge in [-0.3, -0.25) is 4.79 Å². The second-order valence-corrected chi connectivity index (χ2v) is 7.01. The third kappa shape index (κ3) is 3.30. The van der Waals surface area contributed by atoms with Crippen molar-refractivity contribution < 1.29 is 4.79 Å². The Morgan fingerprint density at radius 2 is 2.00 bits per heavy atom. The average molecular weight is 359 g/mol. The maximum Gasteiger partial charge on any atom is 0.281 e. The molecule has 0 saturated heterocycles. The van der Waals surface area contributed by atoms with E-state index in [0.717, 1.165) is 34.4 Å². The molecule has 0 fully saturated rings. The van der Waals surface area contributed by atoms with E-state index in [2.05, 4.69) is 41.6 Å². The van der Waals surface area contributed by atoms with E-state index in [0.29, 0.717) is 10.6 Å². The van der Waals surface area contributed by atoms with Crippen molar-refractivity contribution in [3.63, 3.8) is 0 Å². The first-order chi connectivity index (χ1) is 11.6. The molecule has 0 spiro atoms. The summed E-state index contributed by atoms with van der Waals surface area (Å²) in [6, 6.07) is 13.5. The summed E-state index contributed by atoms with van der Waals surface area (Å²) in [4.78, 5) is 17.6. The number of fused-ring (bicyclic) bond motifs is 1. The zero-order valence-corrected chi connectivity index (χ0v) is 15.3. The van der Waals surface area contributed by atoms with Gasteiger partial charge in [0.25, 0.3) is 5.91 Å². The third-order valence-electron chi connectivity index (χ3n) is 3.90. The largest absolute Gasteiger partial charge is 0.316 e. The summed E-state index contributed by atoms with van der Waals surface area (Å²) in [6.45, 7) is 5.10. The van der Waals surface area contributed by atoms with Crippen molar-refractivity contribution in [2.24, 2.45) is 4.99 Å². The highest BCUT2D eigenvalue weighted by Crippen LogP contribution is 2.21. The smallest absolute Gasteiger partial charge is 0.281 e. The Hall–Kier alpha value is -1.91. The zero-order valence-electron chi connectivity index (χ0n) is 13.8. The molecular formula is C19H19ClN2OS. The number of amides is 1. The highest BCUT2D eigenvalue weighted by Gasteiger charge is 2.11. The lowest BCUT2D eigenvalue weighted by molar-refractivity contribution is 0.0998. The van der Waals surface area contributed by atoms with E-state index in [4.69, 9.17) is 11.6 Å². The summed E-state index contributed by atoms with van der Waals surface area (Å²) in [5.74, 6) is -0.298. The van der Waals surface area contributed by atoms with Crippen LogP contribution in [0.15, 0.2) is 47.5 Å². The minimum Gasteiger partial charge on any atom is -0.316 e. The molecular weight excluding hydrogens is 340 g/mol. The van der Waals surface area contributed by atoms with Gasteiger partial charge >= 0.3 is 0 Å². The molecule has 3 nitrogen and oxygen atoms in total. The topological polar surface area (TPSA) is 34.4 Å². The number of thiazole rings is 1. The molecule has 0 N–H and O–H groups in total. The fraction of sp³-hybridized carbons (Fsp3) is 0.263. The van der Waals surface area contributed by atoms with E-state index >= 15 is 0 Å². The molecule has 0 aliphatic heterocycles. The number of halogens is 1. The van der Waals surface area contributed by atoms with Crippen LogP contribution in [-0.2, 0) is 13.0 Å². The third-order valence-corrected chi connectivity index (χ3v) is 5.27. The van der Waals surface area contributed by atoms with Crippen LogP contribution < -0.4 is 4.80 Å². The van der Waals surface area contributed by atoms with Gasteiger partial charge in [-0.05, 0) is 42.7 Å². The predicted molar refractivity (Wildman–Crippen MR) is 101 cm³/mol. The van der Waals surface area contributed by atoms with E-state index < -0.39 is 0 Å². The Kier molecular flexibility index (Phi) is 5.17. The van der Waals surface area contributed by atoms with Crippen molar-refractivity contribution in [3.05, 3.63) is 63.4 Å². The van der Waals surface area contributed by atoms with Crippen molar-refractivity contribution in [1.29, 1.82) is 0 Å². The second-order valence-electron chi connectivity index (χ2n) is 5.59. The van der Waals surface area contributed by atoms with Gasteiger partial charge in [0.2, 0.25) is 0 Å². The molecule has 1 amide bonds. The van der Waals surface area contributed by atoms with Crippen LogP contribution >= 0.6 is 22.9 Å². The molecule has 0 saturated carbocycles. The minimum atomic E-state index is -0.298. The van der Waals surface area contributed by atoms with Crippen LogP contribution in [0.5, 0.6) is 0 Å². The molecule has 1 aromatic heterocycles. The predicted octanol–water partition coefficient (Wildman–Crippen LogP) is 5.07. The number of aryl methyl sites for hydroxylation is 2. The summed E-state index contributed by atoms with van der Waals surface area (Å²) in [5.41, 5.74) is 2.86. The van der Waals surface area contributed by atoms with E-state index in [1.54, 1.807) is 29.5 Å². The van der Waals surface area contributed by atoms with Gasteiger partial charge in [-0.15, -0.1) is 0 Å². The van der Waals surface area contributed by atoms with E-state index in [-0.39, 0.29) is 5.91 Å². The van der Waals surface area contributed by atoms with Crippen molar-refractivity contribution in [3.8, 4) is 0 Å². The van der Waals surface area contributed by atoms with Gasteiger partial charge in [-0.1, -0.05) is 55.0 Å². The standard InChI is InChI=1S/C19H19ClN2OS/c1-3-11-22-16-10-9-13(4-2)12-17(16)24-19(22)21-18(23)14-7-5-6-8-15(14)20/h5-10,12H,3-4,11H2,1-2H3. The molecule has 0 unspecified atom stereocenters. The molecule has 5 heteroatoms. The fourth-order valence-electron chi connectivity index (χ4n) is 2.64. The molecule has 0 aliphatic rings. The average Bonchev–Trinajstić information content (AvgIpc) is 2.92. The van der Waals surface area contributed by atoms with Crippen LogP contribution in [0.4, 0.5) is 0 Å². The van der Waals surface area contributed by atoms with Crippen molar-refractivity contribution in [2.45, 2.75) is 33.2 Å². The van der Waals surface area contributed by atoms with Crippen LogP contribution in [0.2, 0.25) is 5.02 Å². The van der Waals surface area contributed by atoms with Crippen molar-refractivity contribution in [1.82, 2.24) is 4.57 Å². The maximum atomic E-state index is 12.5. The van der Waals surface area contributed by atoms with E-state index in [9.17, 15) is 4.79 Å². The number of hydrogen-bond acceptors (Lipinski definition) is 2. The first-order valence-corrected chi connectivity index (χ1v) is 9.29. The number of rotatable bonds is 4. The summed E-state index contributed by atoms with van der Waals surface area (Å²) in [5, 5.41) is 0.433. The number of nitrogens with zero attached hydrogens (tertiary/aromatic N) is 2. The summed E-state index contributed by atoms with van der Waals surface area (Å²) in [6.07, 6.45) is 1.97. The Morgan fingerprint density at radius 3 is 2.71 bits per heavy atom. The number of hydrogen-bond donors (Lipinski definition) is 0. The van der Waals surface area contributed by atoms with Gasteiger partial charge in [0.1, 0.15) is 0 Å². The van der Waals surface area contributed by atoms with Gasteiger partial charge in [-0.25, -0.2) is 0 Å². The first kappa shape index (κ1) is 16.9. The molecule has 2 aromatic carbocycles. The van der Waals surface area contributed by atoms with Crippen LogP contribution in [0, 0.1) is 0 Å². The number of benzene rings is 2. The molecule has 0 atom stereocenters.